The summed E-state index contributed by atoms with van der Waals surface area (Å²) in [6.45, 7) is 7.29. The monoisotopic (exact) mass is 422 g/mol. The van der Waals surface area contributed by atoms with Crippen molar-refractivity contribution in [1.29, 1.82) is 0 Å². The molecule has 30 heavy (non-hydrogen) atoms. The zero-order valence-electron chi connectivity index (χ0n) is 20.9. The van der Waals surface area contributed by atoms with Crippen molar-refractivity contribution < 1.29 is 9.53 Å². The van der Waals surface area contributed by atoms with Crippen LogP contribution in [0.25, 0.3) is 0 Å². The fourth-order valence-electron chi connectivity index (χ4n) is 4.01. The van der Waals surface area contributed by atoms with E-state index in [1.807, 2.05) is 0 Å². The first-order valence-electron chi connectivity index (χ1n) is 13.6. The van der Waals surface area contributed by atoms with Crippen molar-refractivity contribution in [3.63, 3.8) is 0 Å². The lowest BCUT2D eigenvalue weighted by Gasteiger charge is -2.15. The van der Waals surface area contributed by atoms with Gasteiger partial charge in [-0.15, -0.1) is 0 Å². The molecule has 1 unspecified atom stereocenters. The summed E-state index contributed by atoms with van der Waals surface area (Å²) in [5.74, 6) is 0.188. The molecule has 0 radical (unpaired) electrons. The molecule has 0 aliphatic rings. The smallest absolute Gasteiger partial charge is 0.308 e. The highest BCUT2D eigenvalue weighted by Gasteiger charge is 2.18. The topological polar surface area (TPSA) is 26.3 Å². The zero-order valence-corrected chi connectivity index (χ0v) is 20.9. The Labute approximate surface area is 189 Å². The van der Waals surface area contributed by atoms with E-state index in [2.05, 4.69) is 32.9 Å². The third-order valence-corrected chi connectivity index (χ3v) is 6.03. The summed E-state index contributed by atoms with van der Waals surface area (Å²) in [5.41, 5.74) is 0. The molecule has 0 N–H and O–H groups in total. The van der Waals surface area contributed by atoms with E-state index in [1.54, 1.807) is 0 Å². The van der Waals surface area contributed by atoms with Gasteiger partial charge in [0.1, 0.15) is 0 Å². The number of rotatable bonds is 23. The standard InChI is InChI=1S/C28H54O2/c1-4-7-9-11-12-13-14-15-16-17-18-19-20-22-25-27(24-6-3)28(29)30-26-23-21-10-8-5-2/h15-16,27H,4-14,17-26H2,1-3H3/b16-15-. The Bertz CT molecular complexity index is 375. The van der Waals surface area contributed by atoms with E-state index in [1.165, 1.54) is 96.3 Å². The van der Waals surface area contributed by atoms with Crippen LogP contribution in [0, 0.1) is 5.92 Å². The molecular weight excluding hydrogens is 368 g/mol. The first kappa shape index (κ1) is 29.2. The molecule has 0 spiro atoms. The second-order valence-electron chi connectivity index (χ2n) is 9.09. The number of allylic oxidation sites excluding steroid dienone is 2. The highest BCUT2D eigenvalue weighted by Crippen LogP contribution is 2.19. The number of carbonyl (C=O) groups is 1. The van der Waals surface area contributed by atoms with Gasteiger partial charge in [0, 0.05) is 0 Å². The van der Waals surface area contributed by atoms with Gasteiger partial charge in [-0.25, -0.2) is 0 Å². The van der Waals surface area contributed by atoms with Gasteiger partial charge in [0.25, 0.3) is 0 Å². The van der Waals surface area contributed by atoms with E-state index < -0.39 is 0 Å². The predicted octanol–water partition coefficient (Wildman–Crippen LogP) is 9.56. The molecule has 1 atom stereocenters. The summed E-state index contributed by atoms with van der Waals surface area (Å²) in [6.07, 6.45) is 29.6. The van der Waals surface area contributed by atoms with Crippen molar-refractivity contribution in [3.05, 3.63) is 12.2 Å². The molecular formula is C28H54O2. The fourth-order valence-corrected chi connectivity index (χ4v) is 4.01. The number of unbranched alkanes of at least 4 members (excludes halogenated alkanes) is 14. The normalized spacial score (nSPS) is 12.5. The third-order valence-electron chi connectivity index (χ3n) is 6.03. The Hall–Kier alpha value is -0.790. The summed E-state index contributed by atoms with van der Waals surface area (Å²) >= 11 is 0. The molecule has 178 valence electrons. The Morgan fingerprint density at radius 2 is 1.10 bits per heavy atom. The largest absolute Gasteiger partial charge is 0.465 e. The number of ether oxygens (including phenoxy) is 1. The zero-order chi connectivity index (χ0) is 22.1. The lowest BCUT2D eigenvalue weighted by Crippen LogP contribution is -2.18. The van der Waals surface area contributed by atoms with E-state index in [0.717, 1.165) is 32.1 Å². The molecule has 0 rings (SSSR count). The van der Waals surface area contributed by atoms with Gasteiger partial charge < -0.3 is 4.74 Å². The van der Waals surface area contributed by atoms with Gasteiger partial charge in [-0.2, -0.15) is 0 Å². The lowest BCUT2D eigenvalue weighted by atomic mass is 9.96. The van der Waals surface area contributed by atoms with Crippen LogP contribution in [0.5, 0.6) is 0 Å². The number of hydrogen-bond acceptors (Lipinski definition) is 2. The minimum atomic E-state index is 0.0602. The summed E-state index contributed by atoms with van der Waals surface area (Å²) in [7, 11) is 0. The van der Waals surface area contributed by atoms with Crippen LogP contribution >= 0.6 is 0 Å². The fraction of sp³-hybridized carbons (Fsp3) is 0.893. The lowest BCUT2D eigenvalue weighted by molar-refractivity contribution is -0.149. The molecule has 0 fully saturated rings. The van der Waals surface area contributed by atoms with Gasteiger partial charge in [-0.3, -0.25) is 4.79 Å². The maximum absolute atomic E-state index is 12.4. The Kier molecular flexibility index (Phi) is 23.8. The van der Waals surface area contributed by atoms with Gasteiger partial charge in [0.05, 0.1) is 12.5 Å². The van der Waals surface area contributed by atoms with Crippen LogP contribution in [-0.2, 0) is 9.53 Å². The third kappa shape index (κ3) is 20.5. The van der Waals surface area contributed by atoms with Crippen LogP contribution in [0.15, 0.2) is 12.2 Å². The predicted molar refractivity (Wildman–Crippen MR) is 133 cm³/mol. The molecule has 0 saturated carbocycles. The van der Waals surface area contributed by atoms with E-state index in [9.17, 15) is 4.79 Å². The minimum Gasteiger partial charge on any atom is -0.465 e. The second kappa shape index (κ2) is 24.5. The highest BCUT2D eigenvalue weighted by atomic mass is 16.5. The first-order valence-corrected chi connectivity index (χ1v) is 13.6. The average Bonchev–Trinajstić information content (AvgIpc) is 2.75. The van der Waals surface area contributed by atoms with Gasteiger partial charge in [-0.1, -0.05) is 116 Å². The molecule has 0 aromatic rings. The summed E-state index contributed by atoms with van der Waals surface area (Å²) in [5, 5.41) is 0. The number of hydrogen-bond donors (Lipinski definition) is 0. The first-order chi connectivity index (χ1) is 14.8. The van der Waals surface area contributed by atoms with Gasteiger partial charge in [0.15, 0.2) is 0 Å². The molecule has 0 aliphatic carbocycles. The van der Waals surface area contributed by atoms with Crippen molar-refractivity contribution in [2.24, 2.45) is 5.92 Å². The van der Waals surface area contributed by atoms with Gasteiger partial charge in [0.2, 0.25) is 0 Å². The van der Waals surface area contributed by atoms with Crippen LogP contribution in [-0.4, -0.2) is 12.6 Å². The van der Waals surface area contributed by atoms with Crippen LogP contribution < -0.4 is 0 Å². The SMILES string of the molecule is CCCCCCCC/C=C\CCCCCCC(CCC)C(=O)OCCCCCCC. The van der Waals surface area contributed by atoms with Crippen LogP contribution in [0.2, 0.25) is 0 Å². The second-order valence-corrected chi connectivity index (χ2v) is 9.09. The van der Waals surface area contributed by atoms with Gasteiger partial charge in [-0.05, 0) is 44.9 Å². The van der Waals surface area contributed by atoms with Crippen molar-refractivity contribution in [2.45, 2.75) is 149 Å². The highest BCUT2D eigenvalue weighted by molar-refractivity contribution is 5.72. The van der Waals surface area contributed by atoms with Gasteiger partial charge >= 0.3 is 5.97 Å². The summed E-state index contributed by atoms with van der Waals surface area (Å²) in [4.78, 5) is 12.4. The van der Waals surface area contributed by atoms with Crippen molar-refractivity contribution in [2.75, 3.05) is 6.61 Å². The molecule has 0 aliphatic heterocycles. The van der Waals surface area contributed by atoms with Crippen LogP contribution in [0.3, 0.4) is 0 Å². The molecule has 0 bridgehead atoms. The maximum Gasteiger partial charge on any atom is 0.308 e. The molecule has 0 saturated heterocycles. The number of esters is 1. The van der Waals surface area contributed by atoms with E-state index in [-0.39, 0.29) is 11.9 Å². The van der Waals surface area contributed by atoms with E-state index in [0.29, 0.717) is 6.61 Å². The van der Waals surface area contributed by atoms with Crippen LogP contribution in [0.4, 0.5) is 0 Å². The van der Waals surface area contributed by atoms with Crippen LogP contribution in [0.1, 0.15) is 149 Å². The Morgan fingerprint density at radius 1 is 0.600 bits per heavy atom. The summed E-state index contributed by atoms with van der Waals surface area (Å²) in [6, 6.07) is 0. The molecule has 2 nitrogen and oxygen atoms in total. The number of carbonyl (C=O) groups excluding carboxylic acids is 1. The molecule has 0 aromatic carbocycles. The Morgan fingerprint density at radius 3 is 1.67 bits per heavy atom. The van der Waals surface area contributed by atoms with Crippen molar-refractivity contribution in [1.82, 2.24) is 0 Å². The molecule has 2 heteroatoms. The van der Waals surface area contributed by atoms with Crippen molar-refractivity contribution >= 4 is 5.97 Å². The quantitative estimate of drug-likeness (QED) is 0.0930. The minimum absolute atomic E-state index is 0.0602. The molecule has 0 aromatic heterocycles. The Balaban J connectivity index is 3.62. The molecule has 0 amide bonds. The average molecular weight is 423 g/mol. The molecule has 0 heterocycles. The van der Waals surface area contributed by atoms with E-state index in [4.69, 9.17) is 4.74 Å². The van der Waals surface area contributed by atoms with Crippen molar-refractivity contribution in [3.8, 4) is 0 Å². The maximum atomic E-state index is 12.4. The van der Waals surface area contributed by atoms with E-state index >= 15 is 0 Å². The summed E-state index contributed by atoms with van der Waals surface area (Å²) < 4.78 is 5.56.